The summed E-state index contributed by atoms with van der Waals surface area (Å²) in [5.41, 5.74) is -0.392. The number of fused-ring (bicyclic) bond motifs is 2. The number of hydrogen-bond donors (Lipinski definition) is 1. The van der Waals surface area contributed by atoms with Crippen molar-refractivity contribution in [2.45, 2.75) is 64.5 Å². The lowest BCUT2D eigenvalue weighted by Crippen LogP contribution is -2.47. The Hall–Kier alpha value is -0.590. The molecule has 0 aliphatic heterocycles. The van der Waals surface area contributed by atoms with Crippen molar-refractivity contribution in [2.75, 3.05) is 20.1 Å². The van der Waals surface area contributed by atoms with Crippen molar-refractivity contribution in [3.8, 4) is 6.07 Å². The van der Waals surface area contributed by atoms with Crippen molar-refractivity contribution < 1.29 is 0 Å². The average molecular weight is 277 g/mol. The Balaban J connectivity index is 1.83. The van der Waals surface area contributed by atoms with Crippen LogP contribution in [0.25, 0.3) is 0 Å². The Bertz CT molecular complexity index is 362. The summed E-state index contributed by atoms with van der Waals surface area (Å²) in [5.74, 6) is 2.93. The van der Waals surface area contributed by atoms with Crippen LogP contribution >= 0.6 is 0 Å². The number of nitrogens with zero attached hydrogens (tertiary/aromatic N) is 2. The first kappa shape index (κ1) is 15.8. The number of nitriles is 1. The van der Waals surface area contributed by atoms with Gasteiger partial charge in [-0.1, -0.05) is 13.3 Å². The zero-order chi connectivity index (χ0) is 14.8. The van der Waals surface area contributed by atoms with E-state index in [-0.39, 0.29) is 0 Å². The Morgan fingerprint density at radius 1 is 1.40 bits per heavy atom. The minimum atomic E-state index is -0.392. The lowest BCUT2D eigenvalue weighted by molar-refractivity contribution is 0.160. The summed E-state index contributed by atoms with van der Waals surface area (Å²) in [4.78, 5) is 2.48. The maximum atomic E-state index is 9.39. The molecule has 0 spiro atoms. The standard InChI is InChI=1S/C17H31N3/c1-5-19-17(3,12-18)10-13(2)20(4)11-16-9-14-6-7-15(16)8-14/h13-16,19H,5-11H2,1-4H3. The zero-order valence-electron chi connectivity index (χ0n) is 13.7. The molecule has 20 heavy (non-hydrogen) atoms. The van der Waals surface area contributed by atoms with E-state index in [9.17, 15) is 5.26 Å². The summed E-state index contributed by atoms with van der Waals surface area (Å²) < 4.78 is 0. The fraction of sp³-hybridized carbons (Fsp3) is 0.941. The third-order valence-electron chi connectivity index (χ3n) is 5.68. The lowest BCUT2D eigenvalue weighted by Gasteiger charge is -2.34. The minimum Gasteiger partial charge on any atom is -0.303 e. The molecule has 2 aliphatic rings. The number of rotatable bonds is 7. The van der Waals surface area contributed by atoms with Crippen LogP contribution in [0.4, 0.5) is 0 Å². The molecule has 0 aromatic heterocycles. The van der Waals surface area contributed by atoms with Crippen LogP contribution in [0, 0.1) is 29.1 Å². The molecule has 5 atom stereocenters. The molecule has 0 amide bonds. The van der Waals surface area contributed by atoms with Gasteiger partial charge in [0.15, 0.2) is 0 Å². The van der Waals surface area contributed by atoms with Crippen molar-refractivity contribution in [1.82, 2.24) is 10.2 Å². The molecular weight excluding hydrogens is 246 g/mol. The Labute approximate surface area is 124 Å². The molecule has 1 N–H and O–H groups in total. The zero-order valence-corrected chi connectivity index (χ0v) is 13.7. The molecule has 2 bridgehead atoms. The van der Waals surface area contributed by atoms with E-state index in [4.69, 9.17) is 0 Å². The highest BCUT2D eigenvalue weighted by atomic mass is 15.1. The van der Waals surface area contributed by atoms with Crippen LogP contribution in [-0.4, -0.2) is 36.6 Å². The summed E-state index contributed by atoms with van der Waals surface area (Å²) in [5, 5.41) is 12.7. The van der Waals surface area contributed by atoms with Crippen molar-refractivity contribution in [3.63, 3.8) is 0 Å². The maximum absolute atomic E-state index is 9.39. The average Bonchev–Trinajstić information content (AvgIpc) is 3.01. The number of hydrogen-bond acceptors (Lipinski definition) is 3. The van der Waals surface area contributed by atoms with E-state index in [0.717, 1.165) is 30.7 Å². The maximum Gasteiger partial charge on any atom is 0.105 e. The lowest BCUT2D eigenvalue weighted by atomic mass is 9.87. The summed E-state index contributed by atoms with van der Waals surface area (Å²) in [6.45, 7) is 8.43. The predicted molar refractivity (Wildman–Crippen MR) is 83.3 cm³/mol. The highest BCUT2D eigenvalue weighted by Gasteiger charge is 2.40. The molecule has 3 nitrogen and oxygen atoms in total. The molecule has 2 saturated carbocycles. The van der Waals surface area contributed by atoms with Gasteiger partial charge in [-0.05, 0) is 70.9 Å². The van der Waals surface area contributed by atoms with Gasteiger partial charge in [0.25, 0.3) is 0 Å². The highest BCUT2D eigenvalue weighted by molar-refractivity contribution is 5.05. The van der Waals surface area contributed by atoms with Crippen LogP contribution in [0.2, 0.25) is 0 Å². The normalized spacial score (nSPS) is 33.1. The monoisotopic (exact) mass is 277 g/mol. The van der Waals surface area contributed by atoms with E-state index in [1.54, 1.807) is 0 Å². The first-order valence-electron chi connectivity index (χ1n) is 8.34. The second-order valence-electron chi connectivity index (χ2n) is 7.40. The fourth-order valence-electron chi connectivity index (χ4n) is 4.44. The molecule has 0 radical (unpaired) electrons. The summed E-state index contributed by atoms with van der Waals surface area (Å²) >= 11 is 0. The molecular formula is C17H31N3. The van der Waals surface area contributed by atoms with Gasteiger partial charge in [0.05, 0.1) is 6.07 Å². The third-order valence-corrected chi connectivity index (χ3v) is 5.68. The summed E-state index contributed by atoms with van der Waals surface area (Å²) in [6.07, 6.45) is 6.78. The predicted octanol–water partition coefficient (Wildman–Crippen LogP) is 3.02. The topological polar surface area (TPSA) is 39.1 Å². The van der Waals surface area contributed by atoms with Crippen molar-refractivity contribution >= 4 is 0 Å². The number of nitrogens with one attached hydrogen (secondary N) is 1. The fourth-order valence-corrected chi connectivity index (χ4v) is 4.44. The van der Waals surface area contributed by atoms with E-state index in [1.807, 2.05) is 6.92 Å². The Morgan fingerprint density at radius 2 is 2.15 bits per heavy atom. The molecule has 3 heteroatoms. The molecule has 0 aromatic rings. The van der Waals surface area contributed by atoms with Crippen LogP contribution in [-0.2, 0) is 0 Å². The van der Waals surface area contributed by atoms with Gasteiger partial charge >= 0.3 is 0 Å². The quantitative estimate of drug-likeness (QED) is 0.777. The van der Waals surface area contributed by atoms with Gasteiger partial charge in [0, 0.05) is 12.6 Å². The van der Waals surface area contributed by atoms with E-state index >= 15 is 0 Å². The van der Waals surface area contributed by atoms with Gasteiger partial charge < -0.3 is 4.90 Å². The van der Waals surface area contributed by atoms with Gasteiger partial charge in [-0.25, -0.2) is 0 Å². The van der Waals surface area contributed by atoms with E-state index in [2.05, 4.69) is 37.2 Å². The summed E-state index contributed by atoms with van der Waals surface area (Å²) in [6, 6.07) is 2.90. The SMILES string of the molecule is CCNC(C)(C#N)CC(C)N(C)CC1CC2CCC1C2. The molecule has 2 aliphatic carbocycles. The molecule has 0 aromatic carbocycles. The Kier molecular flexibility index (Phi) is 5.09. The van der Waals surface area contributed by atoms with Crippen LogP contribution in [0.1, 0.15) is 52.9 Å². The van der Waals surface area contributed by atoms with Gasteiger partial charge in [0.1, 0.15) is 5.54 Å². The molecule has 114 valence electrons. The summed E-state index contributed by atoms with van der Waals surface area (Å²) in [7, 11) is 2.24. The molecule has 2 rings (SSSR count). The molecule has 2 fully saturated rings. The van der Waals surface area contributed by atoms with Crippen molar-refractivity contribution in [2.24, 2.45) is 17.8 Å². The molecule has 5 unspecified atom stereocenters. The van der Waals surface area contributed by atoms with Crippen molar-refractivity contribution in [1.29, 1.82) is 5.26 Å². The molecule has 0 heterocycles. The van der Waals surface area contributed by atoms with Crippen LogP contribution in [0.3, 0.4) is 0 Å². The Morgan fingerprint density at radius 3 is 2.65 bits per heavy atom. The van der Waals surface area contributed by atoms with Gasteiger partial charge in [-0.3, -0.25) is 5.32 Å². The van der Waals surface area contributed by atoms with Gasteiger partial charge in [0.2, 0.25) is 0 Å². The van der Waals surface area contributed by atoms with Crippen LogP contribution in [0.15, 0.2) is 0 Å². The minimum absolute atomic E-state index is 0.392. The van der Waals surface area contributed by atoms with E-state index in [1.165, 1.54) is 32.2 Å². The highest BCUT2D eigenvalue weighted by Crippen LogP contribution is 2.48. The smallest absolute Gasteiger partial charge is 0.105 e. The molecule has 0 saturated heterocycles. The van der Waals surface area contributed by atoms with Crippen LogP contribution in [0.5, 0.6) is 0 Å². The second-order valence-corrected chi connectivity index (χ2v) is 7.40. The van der Waals surface area contributed by atoms with Gasteiger partial charge in [-0.2, -0.15) is 5.26 Å². The van der Waals surface area contributed by atoms with E-state index in [0.29, 0.717) is 6.04 Å². The second kappa shape index (κ2) is 6.45. The van der Waals surface area contributed by atoms with Crippen LogP contribution < -0.4 is 5.32 Å². The first-order chi connectivity index (χ1) is 9.47. The largest absolute Gasteiger partial charge is 0.303 e. The first-order valence-corrected chi connectivity index (χ1v) is 8.34. The van der Waals surface area contributed by atoms with E-state index < -0.39 is 5.54 Å². The van der Waals surface area contributed by atoms with Crippen molar-refractivity contribution in [3.05, 3.63) is 0 Å². The van der Waals surface area contributed by atoms with Gasteiger partial charge in [-0.15, -0.1) is 0 Å². The third kappa shape index (κ3) is 3.54.